The Labute approximate surface area is 124 Å². The zero-order chi connectivity index (χ0) is 15.0. The third kappa shape index (κ3) is 2.34. The molecule has 3 rings (SSSR count). The lowest BCUT2D eigenvalue weighted by Crippen LogP contribution is -2.61. The highest BCUT2D eigenvalue weighted by Gasteiger charge is 2.44. The minimum absolute atomic E-state index is 0.0201. The van der Waals surface area contributed by atoms with E-state index in [0.717, 1.165) is 32.2 Å². The van der Waals surface area contributed by atoms with Gasteiger partial charge in [-0.2, -0.15) is 0 Å². The molecule has 2 fully saturated rings. The second-order valence-electron chi connectivity index (χ2n) is 6.25. The van der Waals surface area contributed by atoms with Crippen LogP contribution in [-0.2, 0) is 4.79 Å². The average Bonchev–Trinajstić information content (AvgIpc) is 2.90. The monoisotopic (exact) mass is 290 g/mol. The number of aryl methyl sites for hydroxylation is 1. The van der Waals surface area contributed by atoms with Gasteiger partial charge in [-0.15, -0.1) is 0 Å². The fraction of sp³-hybridized carbons (Fsp3) is 0.625. The summed E-state index contributed by atoms with van der Waals surface area (Å²) in [5.41, 5.74) is 0.470. The summed E-state index contributed by atoms with van der Waals surface area (Å²) in [5.74, 6) is 0.884. The maximum absolute atomic E-state index is 12.7. The molecule has 1 unspecified atom stereocenters. The highest BCUT2D eigenvalue weighted by atomic mass is 16.3. The van der Waals surface area contributed by atoms with Crippen LogP contribution in [0.2, 0.25) is 0 Å². The third-order valence-electron chi connectivity index (χ3n) is 5.05. The van der Waals surface area contributed by atoms with E-state index >= 15 is 0 Å². The Balaban J connectivity index is 1.81. The van der Waals surface area contributed by atoms with Gasteiger partial charge in [-0.3, -0.25) is 9.59 Å². The number of carbonyl (C=O) groups excluding carboxylic acids is 2. The molecule has 0 N–H and O–H groups in total. The molecule has 1 aromatic heterocycles. The van der Waals surface area contributed by atoms with Gasteiger partial charge in [0.15, 0.2) is 0 Å². The van der Waals surface area contributed by atoms with Crippen molar-refractivity contribution in [3.63, 3.8) is 0 Å². The first-order chi connectivity index (χ1) is 10.0. The van der Waals surface area contributed by atoms with Gasteiger partial charge in [0.1, 0.15) is 5.76 Å². The molecule has 0 aromatic carbocycles. The molecular weight excluding hydrogens is 268 g/mol. The first-order valence-corrected chi connectivity index (χ1v) is 7.63. The van der Waals surface area contributed by atoms with E-state index in [2.05, 4.69) is 0 Å². The van der Waals surface area contributed by atoms with Crippen molar-refractivity contribution < 1.29 is 14.0 Å². The standard InChI is InChI=1S/C16H22N2O3/c1-12-13(6-10-21-12)15(20)18-9-4-8-16(11-18)7-3-5-14(19)17(16)2/h6,10H,3-5,7-9,11H2,1-2H3. The van der Waals surface area contributed by atoms with E-state index in [1.54, 1.807) is 12.3 Å². The van der Waals surface area contributed by atoms with Crippen molar-refractivity contribution in [2.75, 3.05) is 20.1 Å². The van der Waals surface area contributed by atoms with E-state index in [4.69, 9.17) is 4.42 Å². The Morgan fingerprint density at radius 1 is 1.33 bits per heavy atom. The van der Waals surface area contributed by atoms with Crippen LogP contribution in [0.5, 0.6) is 0 Å². The normalized spacial score (nSPS) is 26.5. The summed E-state index contributed by atoms with van der Waals surface area (Å²) in [6.45, 7) is 3.20. The number of rotatable bonds is 1. The number of amides is 2. The molecule has 0 aliphatic carbocycles. The SMILES string of the molecule is Cc1occc1C(=O)N1CCCC2(CCCC(=O)N2C)C1. The van der Waals surface area contributed by atoms with Gasteiger partial charge in [0.2, 0.25) is 5.91 Å². The topological polar surface area (TPSA) is 53.8 Å². The van der Waals surface area contributed by atoms with Gasteiger partial charge < -0.3 is 14.2 Å². The molecular formula is C16H22N2O3. The Morgan fingerprint density at radius 2 is 2.10 bits per heavy atom. The molecule has 0 radical (unpaired) electrons. The van der Waals surface area contributed by atoms with Crippen molar-refractivity contribution in [3.8, 4) is 0 Å². The van der Waals surface area contributed by atoms with Crippen LogP contribution in [0.1, 0.15) is 48.2 Å². The van der Waals surface area contributed by atoms with Gasteiger partial charge in [-0.05, 0) is 38.7 Å². The average molecular weight is 290 g/mol. The van der Waals surface area contributed by atoms with Crippen LogP contribution in [0.25, 0.3) is 0 Å². The number of likely N-dealkylation sites (N-methyl/N-ethyl adjacent to an activating group) is 1. The van der Waals surface area contributed by atoms with Gasteiger partial charge in [0.25, 0.3) is 5.91 Å². The fourth-order valence-corrected chi connectivity index (χ4v) is 3.71. The van der Waals surface area contributed by atoms with Crippen molar-refractivity contribution >= 4 is 11.8 Å². The Kier molecular flexibility index (Phi) is 3.51. The Bertz CT molecular complexity index is 562. The van der Waals surface area contributed by atoms with Gasteiger partial charge in [0.05, 0.1) is 17.4 Å². The minimum Gasteiger partial charge on any atom is -0.469 e. The molecule has 1 aromatic rings. The summed E-state index contributed by atoms with van der Waals surface area (Å²) >= 11 is 0. The number of nitrogens with zero attached hydrogens (tertiary/aromatic N) is 2. The van der Waals surface area contributed by atoms with E-state index in [1.807, 2.05) is 23.8 Å². The maximum Gasteiger partial charge on any atom is 0.257 e. The molecule has 2 aliphatic heterocycles. The number of piperidine rings is 2. The number of likely N-dealkylation sites (tertiary alicyclic amines) is 2. The van der Waals surface area contributed by atoms with Crippen molar-refractivity contribution in [3.05, 3.63) is 23.7 Å². The number of hydrogen-bond acceptors (Lipinski definition) is 3. The van der Waals surface area contributed by atoms with Gasteiger partial charge in [-0.25, -0.2) is 0 Å². The van der Waals surface area contributed by atoms with E-state index in [0.29, 0.717) is 24.3 Å². The second kappa shape index (κ2) is 5.20. The summed E-state index contributed by atoms with van der Waals surface area (Å²) in [4.78, 5) is 28.5. The summed E-state index contributed by atoms with van der Waals surface area (Å²) < 4.78 is 5.24. The second-order valence-corrected chi connectivity index (χ2v) is 6.25. The van der Waals surface area contributed by atoms with Gasteiger partial charge in [-0.1, -0.05) is 0 Å². The van der Waals surface area contributed by atoms with Gasteiger partial charge >= 0.3 is 0 Å². The quantitative estimate of drug-likeness (QED) is 0.797. The smallest absolute Gasteiger partial charge is 0.257 e. The van der Waals surface area contributed by atoms with Crippen LogP contribution in [0, 0.1) is 6.92 Å². The first-order valence-electron chi connectivity index (χ1n) is 7.63. The summed E-state index contributed by atoms with van der Waals surface area (Å²) in [5, 5.41) is 0. The largest absolute Gasteiger partial charge is 0.469 e. The number of hydrogen-bond donors (Lipinski definition) is 0. The lowest BCUT2D eigenvalue weighted by atomic mass is 9.80. The zero-order valence-corrected chi connectivity index (χ0v) is 12.7. The fourth-order valence-electron chi connectivity index (χ4n) is 3.71. The minimum atomic E-state index is -0.166. The summed E-state index contributed by atoms with van der Waals surface area (Å²) in [7, 11) is 1.89. The Hall–Kier alpha value is -1.78. The number of carbonyl (C=O) groups is 2. The van der Waals surface area contributed by atoms with Gasteiger partial charge in [0, 0.05) is 26.6 Å². The first kappa shape index (κ1) is 14.2. The highest BCUT2D eigenvalue weighted by molar-refractivity contribution is 5.95. The van der Waals surface area contributed by atoms with E-state index < -0.39 is 0 Å². The predicted molar refractivity (Wildman–Crippen MR) is 77.9 cm³/mol. The molecule has 1 spiro atoms. The molecule has 5 heteroatoms. The van der Waals surface area contributed by atoms with Crippen LogP contribution >= 0.6 is 0 Å². The molecule has 21 heavy (non-hydrogen) atoms. The van der Waals surface area contributed by atoms with E-state index in [9.17, 15) is 9.59 Å². The molecule has 3 heterocycles. The molecule has 0 saturated carbocycles. The summed E-state index contributed by atoms with van der Waals surface area (Å²) in [6, 6.07) is 1.73. The van der Waals surface area contributed by atoms with Crippen LogP contribution in [0.3, 0.4) is 0 Å². The van der Waals surface area contributed by atoms with Crippen LogP contribution in [0.4, 0.5) is 0 Å². The molecule has 114 valence electrons. The lowest BCUT2D eigenvalue weighted by Gasteiger charge is -2.50. The van der Waals surface area contributed by atoms with Crippen molar-refractivity contribution in [2.45, 2.75) is 44.6 Å². The number of furan rings is 1. The molecule has 0 bridgehead atoms. The molecule has 2 amide bonds. The molecule has 2 aliphatic rings. The van der Waals surface area contributed by atoms with E-state index in [1.165, 1.54) is 0 Å². The predicted octanol–water partition coefficient (Wildman–Crippen LogP) is 2.21. The third-order valence-corrected chi connectivity index (χ3v) is 5.05. The Morgan fingerprint density at radius 3 is 2.81 bits per heavy atom. The van der Waals surface area contributed by atoms with E-state index in [-0.39, 0.29) is 17.4 Å². The molecule has 2 saturated heterocycles. The highest BCUT2D eigenvalue weighted by Crippen LogP contribution is 2.36. The zero-order valence-electron chi connectivity index (χ0n) is 12.7. The maximum atomic E-state index is 12.7. The summed E-state index contributed by atoms with van der Waals surface area (Å²) in [6.07, 6.45) is 6.04. The van der Waals surface area contributed by atoms with Crippen LogP contribution < -0.4 is 0 Å². The van der Waals surface area contributed by atoms with Crippen molar-refractivity contribution in [1.82, 2.24) is 9.80 Å². The molecule has 1 atom stereocenters. The van der Waals surface area contributed by atoms with Crippen LogP contribution in [0.15, 0.2) is 16.7 Å². The van der Waals surface area contributed by atoms with Crippen LogP contribution in [-0.4, -0.2) is 47.3 Å². The van der Waals surface area contributed by atoms with Crippen molar-refractivity contribution in [2.24, 2.45) is 0 Å². The lowest BCUT2D eigenvalue weighted by molar-refractivity contribution is -0.142. The van der Waals surface area contributed by atoms with Crippen molar-refractivity contribution in [1.29, 1.82) is 0 Å². The molecule has 5 nitrogen and oxygen atoms in total.